The fourth-order valence-corrected chi connectivity index (χ4v) is 3.67. The average molecular weight is 431 g/mol. The van der Waals surface area contributed by atoms with Gasteiger partial charge in [0.1, 0.15) is 11.6 Å². The molecule has 30 heavy (non-hydrogen) atoms. The first-order valence-corrected chi connectivity index (χ1v) is 11.8. The second-order valence-corrected chi connectivity index (χ2v) is 8.07. The third-order valence-corrected chi connectivity index (χ3v) is 5.58. The molecular weight excluding hydrogens is 399 g/mol. The van der Waals surface area contributed by atoms with Crippen molar-refractivity contribution in [1.29, 1.82) is 0 Å². The molecule has 0 aliphatic carbocycles. The smallest absolute Gasteiger partial charge is 0.191 e. The van der Waals surface area contributed by atoms with Gasteiger partial charge in [0.2, 0.25) is 0 Å². The lowest BCUT2D eigenvalue weighted by Gasteiger charge is -2.36. The number of rotatable bonds is 8. The Balaban J connectivity index is 1.57. The molecule has 1 aromatic carbocycles. The molecule has 0 unspecified atom stereocenters. The van der Waals surface area contributed by atoms with Crippen LogP contribution in [0.2, 0.25) is 0 Å². The minimum absolute atomic E-state index is 0.196. The summed E-state index contributed by atoms with van der Waals surface area (Å²) in [6.07, 6.45) is 3.96. The highest BCUT2D eigenvalue weighted by Crippen LogP contribution is 2.20. The predicted octanol–water partition coefficient (Wildman–Crippen LogP) is 2.97. The third kappa shape index (κ3) is 6.52. The van der Waals surface area contributed by atoms with Crippen LogP contribution in [0.25, 0.3) is 0 Å². The van der Waals surface area contributed by atoms with Crippen LogP contribution in [0, 0.1) is 5.82 Å². The number of aromatic nitrogens is 1. The van der Waals surface area contributed by atoms with Gasteiger partial charge < -0.3 is 20.4 Å². The lowest BCUT2D eigenvalue weighted by molar-refractivity contribution is 0.624. The molecule has 0 bridgehead atoms. The summed E-state index contributed by atoms with van der Waals surface area (Å²) in [5.74, 6) is 2.69. The minimum Gasteiger partial charge on any atom is -0.368 e. The first kappa shape index (κ1) is 22.2. The first-order chi connectivity index (χ1) is 14.7. The van der Waals surface area contributed by atoms with Crippen molar-refractivity contribution in [3.8, 4) is 0 Å². The molecule has 162 valence electrons. The van der Waals surface area contributed by atoms with Gasteiger partial charge in [-0.05, 0) is 55.1 Å². The van der Waals surface area contributed by atoms with E-state index in [1.165, 1.54) is 12.1 Å². The topological polar surface area (TPSA) is 55.8 Å². The Bertz CT molecular complexity index is 806. The average Bonchev–Trinajstić information content (AvgIpc) is 2.78. The molecule has 2 aromatic rings. The second kappa shape index (κ2) is 11.6. The molecule has 1 aliphatic heterocycles. The standard InChI is InChI=1S/C22H31FN6S/c1-3-24-22(26-10-15-30-2)27-17-18-8-9-25-21(16-18)29-13-11-28(12-14-29)20-6-4-19(23)5-7-20/h4-9,16H,3,10-15,17H2,1-2H3,(H2,24,26,27). The number of pyridine rings is 1. The first-order valence-electron chi connectivity index (χ1n) is 10.4. The molecule has 1 fully saturated rings. The highest BCUT2D eigenvalue weighted by molar-refractivity contribution is 7.98. The number of halogens is 1. The molecule has 0 amide bonds. The normalized spacial score (nSPS) is 14.7. The van der Waals surface area contributed by atoms with Crippen LogP contribution in [-0.2, 0) is 6.54 Å². The van der Waals surface area contributed by atoms with Crippen molar-refractivity contribution in [3.05, 3.63) is 54.0 Å². The lowest BCUT2D eigenvalue weighted by atomic mass is 10.2. The van der Waals surface area contributed by atoms with Crippen molar-refractivity contribution in [1.82, 2.24) is 15.6 Å². The number of piperazine rings is 1. The van der Waals surface area contributed by atoms with E-state index in [0.29, 0.717) is 6.54 Å². The number of hydrogen-bond acceptors (Lipinski definition) is 5. The van der Waals surface area contributed by atoms with E-state index in [-0.39, 0.29) is 5.82 Å². The van der Waals surface area contributed by atoms with Gasteiger partial charge in [0.15, 0.2) is 5.96 Å². The molecule has 1 aliphatic rings. The van der Waals surface area contributed by atoms with Crippen LogP contribution in [0.4, 0.5) is 15.9 Å². The molecule has 2 N–H and O–H groups in total. The number of nitrogens with one attached hydrogen (secondary N) is 2. The third-order valence-electron chi connectivity index (χ3n) is 4.97. The van der Waals surface area contributed by atoms with Crippen LogP contribution in [0.5, 0.6) is 0 Å². The van der Waals surface area contributed by atoms with E-state index in [1.807, 2.05) is 36.2 Å². The molecular formula is C22H31FN6S. The molecule has 0 spiro atoms. The van der Waals surface area contributed by atoms with Crippen LogP contribution in [0.3, 0.4) is 0 Å². The summed E-state index contributed by atoms with van der Waals surface area (Å²) in [4.78, 5) is 13.9. The van der Waals surface area contributed by atoms with Crippen molar-refractivity contribution < 1.29 is 4.39 Å². The Morgan fingerprint density at radius 2 is 1.83 bits per heavy atom. The number of nitrogens with zero attached hydrogens (tertiary/aromatic N) is 4. The summed E-state index contributed by atoms with van der Waals surface area (Å²) in [5, 5.41) is 6.64. The molecule has 0 atom stereocenters. The maximum atomic E-state index is 13.2. The predicted molar refractivity (Wildman–Crippen MR) is 126 cm³/mol. The second-order valence-electron chi connectivity index (χ2n) is 7.09. The molecule has 3 rings (SSSR count). The molecule has 0 saturated carbocycles. The summed E-state index contributed by atoms with van der Waals surface area (Å²) in [5.41, 5.74) is 2.21. The minimum atomic E-state index is -0.196. The number of benzene rings is 1. The maximum Gasteiger partial charge on any atom is 0.191 e. The summed E-state index contributed by atoms with van der Waals surface area (Å²) >= 11 is 1.81. The Hall–Kier alpha value is -2.48. The van der Waals surface area contributed by atoms with Gasteiger partial charge in [-0.15, -0.1) is 0 Å². The van der Waals surface area contributed by atoms with Gasteiger partial charge >= 0.3 is 0 Å². The number of anilines is 2. The van der Waals surface area contributed by atoms with Crippen molar-refractivity contribution in [2.24, 2.45) is 4.99 Å². The fourth-order valence-electron chi connectivity index (χ4n) is 3.36. The molecule has 1 saturated heterocycles. The van der Waals surface area contributed by atoms with Crippen LogP contribution in [0.15, 0.2) is 47.6 Å². The Kier molecular flexibility index (Phi) is 8.62. The molecule has 2 heterocycles. The largest absolute Gasteiger partial charge is 0.368 e. The molecule has 6 nitrogen and oxygen atoms in total. The van der Waals surface area contributed by atoms with Crippen LogP contribution in [0.1, 0.15) is 12.5 Å². The molecule has 0 radical (unpaired) electrons. The zero-order valence-corrected chi connectivity index (χ0v) is 18.6. The summed E-state index contributed by atoms with van der Waals surface area (Å²) in [6.45, 7) is 7.96. The molecule has 8 heteroatoms. The van der Waals surface area contributed by atoms with E-state index in [1.54, 1.807) is 0 Å². The van der Waals surface area contributed by atoms with E-state index in [2.05, 4.69) is 44.7 Å². The van der Waals surface area contributed by atoms with Crippen molar-refractivity contribution in [3.63, 3.8) is 0 Å². The zero-order chi connectivity index (χ0) is 21.2. The van der Waals surface area contributed by atoms with Crippen molar-refractivity contribution in [2.75, 3.05) is 61.1 Å². The van der Waals surface area contributed by atoms with Gasteiger partial charge in [-0.1, -0.05) is 0 Å². The number of guanidine groups is 1. The van der Waals surface area contributed by atoms with Crippen LogP contribution >= 0.6 is 11.8 Å². The van der Waals surface area contributed by atoms with Gasteiger partial charge in [-0.3, -0.25) is 0 Å². The SMILES string of the molecule is CCNC(=NCc1ccnc(N2CCN(c3ccc(F)cc3)CC2)c1)NCCSC. The van der Waals surface area contributed by atoms with Gasteiger partial charge in [0.25, 0.3) is 0 Å². The van der Waals surface area contributed by atoms with Gasteiger partial charge in [-0.2, -0.15) is 11.8 Å². The Morgan fingerprint density at radius 1 is 1.10 bits per heavy atom. The van der Waals surface area contributed by atoms with E-state index in [4.69, 9.17) is 4.99 Å². The number of thioether (sulfide) groups is 1. The fraction of sp³-hybridized carbons (Fsp3) is 0.455. The summed E-state index contributed by atoms with van der Waals surface area (Å²) in [6, 6.07) is 10.9. The zero-order valence-electron chi connectivity index (χ0n) is 17.8. The van der Waals surface area contributed by atoms with Crippen molar-refractivity contribution in [2.45, 2.75) is 13.5 Å². The van der Waals surface area contributed by atoms with E-state index in [0.717, 1.165) is 68.0 Å². The Morgan fingerprint density at radius 3 is 2.53 bits per heavy atom. The van der Waals surface area contributed by atoms with Gasteiger partial charge in [0.05, 0.1) is 6.54 Å². The van der Waals surface area contributed by atoms with E-state index in [9.17, 15) is 4.39 Å². The van der Waals surface area contributed by atoms with Crippen LogP contribution in [-0.4, -0.2) is 62.2 Å². The van der Waals surface area contributed by atoms with Crippen LogP contribution < -0.4 is 20.4 Å². The van der Waals surface area contributed by atoms with Crippen molar-refractivity contribution >= 4 is 29.2 Å². The Labute approximate surface area is 183 Å². The van der Waals surface area contributed by atoms with E-state index < -0.39 is 0 Å². The lowest BCUT2D eigenvalue weighted by Crippen LogP contribution is -2.46. The highest BCUT2D eigenvalue weighted by Gasteiger charge is 2.18. The molecule has 1 aromatic heterocycles. The van der Waals surface area contributed by atoms with Gasteiger partial charge in [0, 0.05) is 56.9 Å². The quantitative estimate of drug-likeness (QED) is 0.382. The number of aliphatic imine (C=N–C) groups is 1. The highest BCUT2D eigenvalue weighted by atomic mass is 32.2. The van der Waals surface area contributed by atoms with Gasteiger partial charge in [-0.25, -0.2) is 14.4 Å². The van der Waals surface area contributed by atoms with E-state index >= 15 is 0 Å². The number of hydrogen-bond donors (Lipinski definition) is 2. The maximum absolute atomic E-state index is 13.2. The monoisotopic (exact) mass is 430 g/mol. The summed E-state index contributed by atoms with van der Waals surface area (Å²) < 4.78 is 13.2. The summed E-state index contributed by atoms with van der Waals surface area (Å²) in [7, 11) is 0.